The number of hydrogen-bond donors (Lipinski definition) is 1. The summed E-state index contributed by atoms with van der Waals surface area (Å²) in [4.78, 5) is 14.3. The zero-order chi connectivity index (χ0) is 15.6. The molecule has 0 aliphatic carbocycles. The van der Waals surface area contributed by atoms with Crippen LogP contribution in [0.15, 0.2) is 18.2 Å². The van der Waals surface area contributed by atoms with Gasteiger partial charge in [0.15, 0.2) is 9.84 Å². The molecule has 1 N–H and O–H groups in total. The maximum atomic E-state index is 12.6. The molecule has 1 amide bonds. The lowest BCUT2D eigenvalue weighted by Crippen LogP contribution is -2.49. The van der Waals surface area contributed by atoms with Crippen LogP contribution in [0.1, 0.15) is 29.8 Å². The standard InChI is InChI=1S/C15H22N2O3S/c1-4-16-13-5-6-14(11(2)9-13)15(18)17-7-8-21(19,20)10-12(17)3/h5-6,9,12,16H,4,7-8,10H2,1-3H3. The Labute approximate surface area is 126 Å². The highest BCUT2D eigenvalue weighted by Crippen LogP contribution is 2.20. The minimum atomic E-state index is -3.01. The van der Waals surface area contributed by atoms with Crippen LogP contribution in [0.3, 0.4) is 0 Å². The molecule has 1 atom stereocenters. The highest BCUT2D eigenvalue weighted by molar-refractivity contribution is 7.91. The van der Waals surface area contributed by atoms with Crippen molar-refractivity contribution >= 4 is 21.4 Å². The predicted molar refractivity (Wildman–Crippen MR) is 84.5 cm³/mol. The first-order valence-electron chi connectivity index (χ1n) is 7.20. The van der Waals surface area contributed by atoms with Crippen molar-refractivity contribution in [1.82, 2.24) is 4.90 Å². The van der Waals surface area contributed by atoms with E-state index in [4.69, 9.17) is 0 Å². The van der Waals surface area contributed by atoms with Crippen molar-refractivity contribution in [3.63, 3.8) is 0 Å². The summed E-state index contributed by atoms with van der Waals surface area (Å²) in [5, 5.41) is 3.21. The molecule has 1 aliphatic rings. The van der Waals surface area contributed by atoms with Gasteiger partial charge in [0.1, 0.15) is 0 Å². The number of benzene rings is 1. The van der Waals surface area contributed by atoms with Gasteiger partial charge in [-0.05, 0) is 44.5 Å². The SMILES string of the molecule is CCNc1ccc(C(=O)N2CCS(=O)(=O)CC2C)c(C)c1. The van der Waals surface area contributed by atoms with Gasteiger partial charge >= 0.3 is 0 Å². The molecule has 0 saturated carbocycles. The van der Waals surface area contributed by atoms with E-state index in [0.717, 1.165) is 17.8 Å². The van der Waals surface area contributed by atoms with E-state index in [2.05, 4.69) is 5.32 Å². The third-order valence-corrected chi connectivity index (χ3v) is 5.56. The zero-order valence-corrected chi connectivity index (χ0v) is 13.5. The third-order valence-electron chi connectivity index (χ3n) is 3.77. The Kier molecular flexibility index (Phi) is 4.56. The smallest absolute Gasteiger partial charge is 0.254 e. The Morgan fingerprint density at radius 2 is 2.14 bits per heavy atom. The second-order valence-corrected chi connectivity index (χ2v) is 7.75. The summed E-state index contributed by atoms with van der Waals surface area (Å²) < 4.78 is 23.2. The number of carbonyl (C=O) groups excluding carboxylic acids is 1. The summed E-state index contributed by atoms with van der Waals surface area (Å²) in [6, 6.07) is 5.37. The molecule has 0 aromatic heterocycles. The molecule has 1 saturated heterocycles. The molecule has 21 heavy (non-hydrogen) atoms. The van der Waals surface area contributed by atoms with Gasteiger partial charge < -0.3 is 10.2 Å². The number of aryl methyl sites for hydroxylation is 1. The monoisotopic (exact) mass is 310 g/mol. The Morgan fingerprint density at radius 3 is 2.71 bits per heavy atom. The van der Waals surface area contributed by atoms with Gasteiger partial charge in [0.2, 0.25) is 0 Å². The summed E-state index contributed by atoms with van der Waals surface area (Å²) in [6.45, 7) is 6.81. The van der Waals surface area contributed by atoms with E-state index < -0.39 is 9.84 Å². The van der Waals surface area contributed by atoms with Gasteiger partial charge in [-0.2, -0.15) is 0 Å². The molecule has 5 nitrogen and oxygen atoms in total. The summed E-state index contributed by atoms with van der Waals surface area (Å²) in [5.41, 5.74) is 2.53. The first kappa shape index (κ1) is 15.8. The minimum absolute atomic E-state index is 0.0489. The van der Waals surface area contributed by atoms with E-state index in [0.29, 0.717) is 5.56 Å². The maximum Gasteiger partial charge on any atom is 0.254 e. The van der Waals surface area contributed by atoms with E-state index in [1.165, 1.54) is 0 Å². The summed E-state index contributed by atoms with van der Waals surface area (Å²) in [6.07, 6.45) is 0. The summed E-state index contributed by atoms with van der Waals surface area (Å²) in [7, 11) is -3.01. The molecule has 1 aromatic rings. The Morgan fingerprint density at radius 1 is 1.43 bits per heavy atom. The highest BCUT2D eigenvalue weighted by atomic mass is 32.2. The third kappa shape index (κ3) is 3.56. The van der Waals surface area contributed by atoms with Crippen LogP contribution in [0.5, 0.6) is 0 Å². The average molecular weight is 310 g/mol. The summed E-state index contributed by atoms with van der Waals surface area (Å²) in [5.74, 6) is 0.0168. The number of amides is 1. The normalized spacial score (nSPS) is 21.1. The van der Waals surface area contributed by atoms with Crippen LogP contribution in [0.2, 0.25) is 0 Å². The number of nitrogens with zero attached hydrogens (tertiary/aromatic N) is 1. The van der Waals surface area contributed by atoms with E-state index >= 15 is 0 Å². The summed E-state index contributed by atoms with van der Waals surface area (Å²) >= 11 is 0. The molecule has 0 radical (unpaired) electrons. The second kappa shape index (κ2) is 6.05. The lowest BCUT2D eigenvalue weighted by molar-refractivity contribution is 0.0712. The van der Waals surface area contributed by atoms with Crippen LogP contribution in [0.25, 0.3) is 0 Å². The molecule has 1 aromatic carbocycles. The van der Waals surface area contributed by atoms with Crippen LogP contribution >= 0.6 is 0 Å². The molecule has 6 heteroatoms. The van der Waals surface area contributed by atoms with Crippen molar-refractivity contribution in [1.29, 1.82) is 0 Å². The highest BCUT2D eigenvalue weighted by Gasteiger charge is 2.32. The molecule has 1 unspecified atom stereocenters. The van der Waals surface area contributed by atoms with Crippen molar-refractivity contribution in [2.24, 2.45) is 0 Å². The number of carbonyl (C=O) groups is 1. The van der Waals surface area contributed by atoms with Gasteiger partial charge in [-0.1, -0.05) is 0 Å². The predicted octanol–water partition coefficient (Wildman–Crippen LogP) is 1.69. The van der Waals surface area contributed by atoms with Crippen molar-refractivity contribution in [2.45, 2.75) is 26.8 Å². The lowest BCUT2D eigenvalue weighted by atomic mass is 10.1. The van der Waals surface area contributed by atoms with E-state index in [1.54, 1.807) is 11.8 Å². The number of anilines is 1. The maximum absolute atomic E-state index is 12.6. The van der Waals surface area contributed by atoms with Gasteiger partial charge in [-0.3, -0.25) is 4.79 Å². The van der Waals surface area contributed by atoms with E-state index in [-0.39, 0.29) is 30.0 Å². The van der Waals surface area contributed by atoms with Gasteiger partial charge in [-0.25, -0.2) is 8.42 Å². The first-order chi connectivity index (χ1) is 9.84. The Bertz CT molecular complexity index is 640. The molecule has 0 bridgehead atoms. The fourth-order valence-corrected chi connectivity index (χ4v) is 4.23. The van der Waals surface area contributed by atoms with E-state index in [9.17, 15) is 13.2 Å². The van der Waals surface area contributed by atoms with Crippen molar-refractivity contribution in [2.75, 3.05) is 29.9 Å². The molecule has 2 rings (SSSR count). The van der Waals surface area contributed by atoms with Gasteiger partial charge in [0, 0.05) is 30.4 Å². The lowest BCUT2D eigenvalue weighted by Gasteiger charge is -2.33. The van der Waals surface area contributed by atoms with Gasteiger partial charge in [-0.15, -0.1) is 0 Å². The Hall–Kier alpha value is -1.56. The van der Waals surface area contributed by atoms with E-state index in [1.807, 2.05) is 32.0 Å². The number of nitrogens with one attached hydrogen (secondary N) is 1. The molecule has 0 spiro atoms. The van der Waals surface area contributed by atoms with Crippen LogP contribution in [-0.2, 0) is 9.84 Å². The van der Waals surface area contributed by atoms with Crippen LogP contribution in [-0.4, -0.2) is 49.9 Å². The average Bonchev–Trinajstić information content (AvgIpc) is 2.37. The Balaban J connectivity index is 2.20. The first-order valence-corrected chi connectivity index (χ1v) is 9.02. The van der Waals surface area contributed by atoms with Crippen LogP contribution in [0.4, 0.5) is 5.69 Å². The van der Waals surface area contributed by atoms with Gasteiger partial charge in [0.25, 0.3) is 5.91 Å². The largest absolute Gasteiger partial charge is 0.385 e. The number of hydrogen-bond acceptors (Lipinski definition) is 4. The quantitative estimate of drug-likeness (QED) is 0.922. The topological polar surface area (TPSA) is 66.5 Å². The van der Waals surface area contributed by atoms with Crippen LogP contribution in [0, 0.1) is 6.92 Å². The fraction of sp³-hybridized carbons (Fsp3) is 0.533. The molecule has 116 valence electrons. The zero-order valence-electron chi connectivity index (χ0n) is 12.7. The molecular formula is C15H22N2O3S. The number of sulfone groups is 1. The number of rotatable bonds is 3. The molecule has 1 fully saturated rings. The van der Waals surface area contributed by atoms with Gasteiger partial charge in [0.05, 0.1) is 11.5 Å². The molecular weight excluding hydrogens is 288 g/mol. The van der Waals surface area contributed by atoms with Crippen molar-refractivity contribution < 1.29 is 13.2 Å². The minimum Gasteiger partial charge on any atom is -0.385 e. The molecule has 1 heterocycles. The van der Waals surface area contributed by atoms with Crippen molar-refractivity contribution in [3.8, 4) is 0 Å². The van der Waals surface area contributed by atoms with Crippen molar-refractivity contribution in [3.05, 3.63) is 29.3 Å². The second-order valence-electron chi connectivity index (χ2n) is 5.52. The molecule has 1 aliphatic heterocycles. The fourth-order valence-electron chi connectivity index (χ4n) is 2.67. The van der Waals surface area contributed by atoms with Crippen LogP contribution < -0.4 is 5.32 Å².